The van der Waals surface area contributed by atoms with Gasteiger partial charge in [0.25, 0.3) is 0 Å². The van der Waals surface area contributed by atoms with Gasteiger partial charge in [0.1, 0.15) is 6.10 Å². The highest BCUT2D eigenvalue weighted by Gasteiger charge is 2.15. The lowest BCUT2D eigenvalue weighted by atomic mass is 9.94. The van der Waals surface area contributed by atoms with Crippen LogP contribution in [-0.2, 0) is 0 Å². The van der Waals surface area contributed by atoms with Crippen molar-refractivity contribution in [3.05, 3.63) is 77.4 Å². The van der Waals surface area contributed by atoms with Crippen molar-refractivity contribution in [1.29, 1.82) is 0 Å². The van der Waals surface area contributed by atoms with E-state index in [-0.39, 0.29) is 0 Å². The molecule has 0 saturated heterocycles. The van der Waals surface area contributed by atoms with Crippen LogP contribution in [0.1, 0.15) is 22.8 Å². The lowest BCUT2D eigenvalue weighted by Crippen LogP contribution is -2.10. The van der Waals surface area contributed by atoms with Crippen molar-refractivity contribution in [3.63, 3.8) is 0 Å². The number of hydrogen-bond donors (Lipinski definition) is 1. The molecule has 0 bridgehead atoms. The van der Waals surface area contributed by atoms with Crippen LogP contribution in [0.4, 0.5) is 5.69 Å². The van der Waals surface area contributed by atoms with E-state index in [4.69, 9.17) is 0 Å². The van der Waals surface area contributed by atoms with Gasteiger partial charge in [-0.2, -0.15) is 0 Å². The molecule has 2 heteroatoms. The van der Waals surface area contributed by atoms with Gasteiger partial charge in [0, 0.05) is 25.2 Å². The van der Waals surface area contributed by atoms with Crippen molar-refractivity contribution in [3.8, 4) is 0 Å². The Morgan fingerprint density at radius 2 is 1.59 bits per heavy atom. The predicted molar refractivity (Wildman–Crippen MR) is 93.5 cm³/mol. The summed E-state index contributed by atoms with van der Waals surface area (Å²) in [4.78, 5) is 2.10. The minimum Gasteiger partial charge on any atom is -0.384 e. The zero-order chi connectivity index (χ0) is 15.7. The van der Waals surface area contributed by atoms with Crippen LogP contribution in [0.15, 0.2) is 60.7 Å². The van der Waals surface area contributed by atoms with E-state index in [1.807, 2.05) is 63.5 Å². The van der Waals surface area contributed by atoms with Crippen LogP contribution in [0.3, 0.4) is 0 Å². The van der Waals surface area contributed by atoms with E-state index in [0.717, 1.165) is 33.2 Å². The van der Waals surface area contributed by atoms with E-state index in [2.05, 4.69) is 23.1 Å². The topological polar surface area (TPSA) is 23.5 Å². The maximum Gasteiger partial charge on any atom is 0.105 e. The molecule has 1 unspecified atom stereocenters. The highest BCUT2D eigenvalue weighted by molar-refractivity contribution is 5.96. The number of nitrogens with zero attached hydrogens (tertiary/aromatic N) is 1. The molecule has 0 saturated carbocycles. The van der Waals surface area contributed by atoms with Crippen LogP contribution in [0.5, 0.6) is 0 Å². The first-order valence-electron chi connectivity index (χ1n) is 7.51. The zero-order valence-corrected chi connectivity index (χ0v) is 13.2. The SMILES string of the molecule is Cc1cccc(C(O)c2ccc(N(C)C)c3ccccc23)c1. The number of aryl methyl sites for hydroxylation is 1. The van der Waals surface area contributed by atoms with Gasteiger partial charge >= 0.3 is 0 Å². The average Bonchev–Trinajstić information content (AvgIpc) is 2.53. The third kappa shape index (κ3) is 2.58. The molecule has 22 heavy (non-hydrogen) atoms. The van der Waals surface area contributed by atoms with Crippen molar-refractivity contribution in [2.45, 2.75) is 13.0 Å². The molecule has 1 atom stereocenters. The summed E-state index contributed by atoms with van der Waals surface area (Å²) in [6.07, 6.45) is -0.610. The van der Waals surface area contributed by atoms with Gasteiger partial charge in [-0.05, 0) is 29.5 Å². The van der Waals surface area contributed by atoms with Crippen LogP contribution < -0.4 is 4.90 Å². The second kappa shape index (κ2) is 5.82. The van der Waals surface area contributed by atoms with E-state index in [1.54, 1.807) is 0 Å². The van der Waals surface area contributed by atoms with Gasteiger partial charge in [0.2, 0.25) is 0 Å². The Morgan fingerprint density at radius 1 is 0.864 bits per heavy atom. The molecule has 0 amide bonds. The normalized spacial score (nSPS) is 12.4. The van der Waals surface area contributed by atoms with Gasteiger partial charge in [-0.1, -0.05) is 60.2 Å². The number of rotatable bonds is 3. The number of anilines is 1. The molecular formula is C20H21NO. The Kier molecular flexibility index (Phi) is 3.86. The fraction of sp³-hybridized carbons (Fsp3) is 0.200. The van der Waals surface area contributed by atoms with Crippen molar-refractivity contribution < 1.29 is 5.11 Å². The zero-order valence-electron chi connectivity index (χ0n) is 13.2. The monoisotopic (exact) mass is 291 g/mol. The first-order chi connectivity index (χ1) is 10.6. The molecular weight excluding hydrogens is 270 g/mol. The first-order valence-corrected chi connectivity index (χ1v) is 7.51. The van der Waals surface area contributed by atoms with Crippen LogP contribution in [-0.4, -0.2) is 19.2 Å². The Hall–Kier alpha value is -2.32. The molecule has 2 nitrogen and oxygen atoms in total. The summed E-state index contributed by atoms with van der Waals surface area (Å²) in [7, 11) is 4.08. The second-order valence-corrected chi connectivity index (χ2v) is 5.93. The summed E-state index contributed by atoms with van der Waals surface area (Å²) in [6.45, 7) is 2.05. The first kappa shape index (κ1) is 14.6. The molecule has 3 aromatic carbocycles. The Labute approximate surface area is 131 Å². The maximum absolute atomic E-state index is 10.8. The van der Waals surface area contributed by atoms with E-state index in [1.165, 1.54) is 0 Å². The molecule has 3 rings (SSSR count). The largest absolute Gasteiger partial charge is 0.384 e. The van der Waals surface area contributed by atoms with E-state index >= 15 is 0 Å². The van der Waals surface area contributed by atoms with E-state index in [0.29, 0.717) is 0 Å². The van der Waals surface area contributed by atoms with Crippen molar-refractivity contribution in [2.24, 2.45) is 0 Å². The minimum atomic E-state index is -0.610. The highest BCUT2D eigenvalue weighted by atomic mass is 16.3. The predicted octanol–water partition coefficient (Wildman–Crippen LogP) is 4.30. The summed E-state index contributed by atoms with van der Waals surface area (Å²) in [5.41, 5.74) is 4.20. The number of benzene rings is 3. The Balaban J connectivity index is 2.17. The lowest BCUT2D eigenvalue weighted by Gasteiger charge is -2.20. The fourth-order valence-corrected chi connectivity index (χ4v) is 2.95. The van der Waals surface area contributed by atoms with Gasteiger partial charge in [-0.15, -0.1) is 0 Å². The molecule has 0 spiro atoms. The van der Waals surface area contributed by atoms with Gasteiger partial charge < -0.3 is 10.0 Å². The smallest absolute Gasteiger partial charge is 0.105 e. The van der Waals surface area contributed by atoms with Crippen LogP contribution >= 0.6 is 0 Å². The van der Waals surface area contributed by atoms with Crippen molar-refractivity contribution in [2.75, 3.05) is 19.0 Å². The molecule has 112 valence electrons. The van der Waals surface area contributed by atoms with Gasteiger partial charge in [-0.25, -0.2) is 0 Å². The molecule has 0 aliphatic rings. The number of aliphatic hydroxyl groups excluding tert-OH is 1. The third-order valence-electron chi connectivity index (χ3n) is 4.07. The lowest BCUT2D eigenvalue weighted by molar-refractivity contribution is 0.222. The third-order valence-corrected chi connectivity index (χ3v) is 4.07. The molecule has 0 aliphatic carbocycles. The van der Waals surface area contributed by atoms with Crippen LogP contribution in [0.25, 0.3) is 10.8 Å². The van der Waals surface area contributed by atoms with E-state index in [9.17, 15) is 5.11 Å². The van der Waals surface area contributed by atoms with Crippen molar-refractivity contribution in [1.82, 2.24) is 0 Å². The number of aliphatic hydroxyl groups is 1. The molecule has 3 aromatic rings. The van der Waals surface area contributed by atoms with Crippen LogP contribution in [0, 0.1) is 6.92 Å². The summed E-state index contributed by atoms with van der Waals surface area (Å²) in [5, 5.41) is 13.1. The maximum atomic E-state index is 10.8. The van der Waals surface area contributed by atoms with E-state index < -0.39 is 6.10 Å². The van der Waals surface area contributed by atoms with Crippen molar-refractivity contribution >= 4 is 16.5 Å². The fourth-order valence-electron chi connectivity index (χ4n) is 2.95. The summed E-state index contributed by atoms with van der Waals surface area (Å²) in [5.74, 6) is 0. The molecule has 0 aliphatic heterocycles. The highest BCUT2D eigenvalue weighted by Crippen LogP contribution is 2.34. The van der Waals surface area contributed by atoms with Gasteiger partial charge in [-0.3, -0.25) is 0 Å². The quantitative estimate of drug-likeness (QED) is 0.778. The molecule has 0 heterocycles. The minimum absolute atomic E-state index is 0.610. The van der Waals surface area contributed by atoms with Gasteiger partial charge in [0.15, 0.2) is 0 Å². The molecule has 1 N–H and O–H groups in total. The van der Waals surface area contributed by atoms with Crippen LogP contribution in [0.2, 0.25) is 0 Å². The molecule has 0 aromatic heterocycles. The van der Waals surface area contributed by atoms with Gasteiger partial charge in [0.05, 0.1) is 0 Å². The standard InChI is InChI=1S/C20H21NO/c1-14-7-6-8-15(13-14)20(22)18-11-12-19(21(2)3)17-10-5-4-9-16(17)18/h4-13,20,22H,1-3H3. The summed E-state index contributed by atoms with van der Waals surface area (Å²) in [6, 6.07) is 20.4. The second-order valence-electron chi connectivity index (χ2n) is 5.93. The molecule has 0 radical (unpaired) electrons. The summed E-state index contributed by atoms with van der Waals surface area (Å²) < 4.78 is 0. The Morgan fingerprint density at radius 3 is 2.27 bits per heavy atom. The number of hydrogen-bond acceptors (Lipinski definition) is 2. The Bertz CT molecular complexity index is 808. The number of fused-ring (bicyclic) bond motifs is 1. The molecule has 0 fully saturated rings. The average molecular weight is 291 g/mol. The summed E-state index contributed by atoms with van der Waals surface area (Å²) >= 11 is 0.